The first kappa shape index (κ1) is 28.3. The molecule has 0 saturated heterocycles. The molecule has 2 aromatic carbocycles. The van der Waals surface area contributed by atoms with Gasteiger partial charge in [0, 0.05) is 18.2 Å². The van der Waals surface area contributed by atoms with Crippen molar-refractivity contribution in [3.05, 3.63) is 47.5 Å². The molecule has 0 aliphatic rings. The van der Waals surface area contributed by atoms with Gasteiger partial charge in [-0.3, -0.25) is 4.79 Å². The molecule has 0 atom stereocenters. The number of carbonyl (C=O) groups is 1. The van der Waals surface area contributed by atoms with E-state index in [4.69, 9.17) is 18.9 Å². The van der Waals surface area contributed by atoms with Gasteiger partial charge >= 0.3 is 0 Å². The summed E-state index contributed by atoms with van der Waals surface area (Å²) in [5.74, 6) is 2.71. The Kier molecular flexibility index (Phi) is 10.3. The molecule has 194 valence electrons. The minimum atomic E-state index is -0.263. The summed E-state index contributed by atoms with van der Waals surface area (Å²) in [6.45, 7) is 13.2. The Morgan fingerprint density at radius 2 is 1.46 bits per heavy atom. The Bertz CT molecular complexity index is 968. The summed E-state index contributed by atoms with van der Waals surface area (Å²) in [7, 11) is 3.13. The zero-order chi connectivity index (χ0) is 26.1. The zero-order valence-electron chi connectivity index (χ0n) is 22.7. The van der Waals surface area contributed by atoms with Gasteiger partial charge in [-0.25, -0.2) is 0 Å². The number of ether oxygens (including phenoxy) is 4. The predicted octanol–water partition coefficient (Wildman–Crippen LogP) is 6.59. The van der Waals surface area contributed by atoms with Gasteiger partial charge in [0.1, 0.15) is 22.7 Å². The van der Waals surface area contributed by atoms with Crippen molar-refractivity contribution >= 4 is 5.91 Å². The maximum atomic E-state index is 12.5. The molecule has 2 aromatic rings. The highest BCUT2D eigenvalue weighted by Crippen LogP contribution is 2.32. The minimum absolute atomic E-state index is 0.125. The van der Waals surface area contributed by atoms with Gasteiger partial charge in [0.15, 0.2) is 11.5 Å². The molecule has 0 aromatic heterocycles. The van der Waals surface area contributed by atoms with Crippen molar-refractivity contribution in [2.75, 3.05) is 20.8 Å². The Balaban J connectivity index is 1.97. The van der Waals surface area contributed by atoms with Crippen LogP contribution < -0.4 is 24.3 Å². The van der Waals surface area contributed by atoms with Crippen molar-refractivity contribution in [3.8, 4) is 23.0 Å². The second-order valence-electron chi connectivity index (χ2n) is 9.98. The normalized spacial score (nSPS) is 11.7. The third-order valence-electron chi connectivity index (χ3n) is 6.33. The van der Waals surface area contributed by atoms with E-state index in [1.165, 1.54) is 0 Å². The molecule has 0 heterocycles. The molecule has 0 aliphatic heterocycles. The predicted molar refractivity (Wildman–Crippen MR) is 141 cm³/mol. The molecule has 0 spiro atoms. The van der Waals surface area contributed by atoms with Crippen LogP contribution in [0.15, 0.2) is 36.4 Å². The van der Waals surface area contributed by atoms with Crippen LogP contribution in [0.3, 0.4) is 0 Å². The summed E-state index contributed by atoms with van der Waals surface area (Å²) in [4.78, 5) is 12.5. The van der Waals surface area contributed by atoms with Crippen molar-refractivity contribution in [2.24, 2.45) is 0 Å². The van der Waals surface area contributed by atoms with Crippen LogP contribution in [0.1, 0.15) is 83.1 Å². The Morgan fingerprint density at radius 1 is 0.800 bits per heavy atom. The van der Waals surface area contributed by atoms with Gasteiger partial charge in [0.05, 0.1) is 14.2 Å². The van der Waals surface area contributed by atoms with E-state index in [2.05, 4.69) is 52.9 Å². The number of amides is 1. The number of rotatable bonds is 14. The average molecular weight is 486 g/mol. The fraction of sp³-hybridized carbons (Fsp3) is 0.552. The lowest BCUT2D eigenvalue weighted by Crippen LogP contribution is -2.28. The average Bonchev–Trinajstić information content (AvgIpc) is 2.83. The van der Waals surface area contributed by atoms with Crippen molar-refractivity contribution < 1.29 is 23.7 Å². The molecular weight excluding hydrogens is 442 g/mol. The van der Waals surface area contributed by atoms with Gasteiger partial charge in [-0.15, -0.1) is 0 Å². The fourth-order valence-electron chi connectivity index (χ4n) is 3.38. The lowest BCUT2D eigenvalue weighted by atomic mass is 10.0. The molecule has 0 bridgehead atoms. The van der Waals surface area contributed by atoms with Crippen molar-refractivity contribution in [1.82, 2.24) is 5.32 Å². The largest absolute Gasteiger partial charge is 0.493 e. The molecule has 6 heteroatoms. The van der Waals surface area contributed by atoms with E-state index in [-0.39, 0.29) is 17.1 Å². The smallest absolute Gasteiger partial charge is 0.251 e. The number of benzene rings is 2. The summed E-state index contributed by atoms with van der Waals surface area (Å²) in [5, 5.41) is 2.99. The molecule has 0 aliphatic carbocycles. The third-order valence-corrected chi connectivity index (χ3v) is 6.33. The number of hydrogen-bond acceptors (Lipinski definition) is 5. The van der Waals surface area contributed by atoms with Gasteiger partial charge in [0.2, 0.25) is 0 Å². The summed E-state index contributed by atoms with van der Waals surface area (Å²) in [6, 6.07) is 11.3. The minimum Gasteiger partial charge on any atom is -0.493 e. The van der Waals surface area contributed by atoms with Crippen LogP contribution in [0.25, 0.3) is 0 Å². The van der Waals surface area contributed by atoms with Gasteiger partial charge < -0.3 is 24.3 Å². The second-order valence-corrected chi connectivity index (χ2v) is 9.98. The van der Waals surface area contributed by atoms with E-state index in [1.807, 2.05) is 12.1 Å². The molecule has 0 saturated carbocycles. The first-order chi connectivity index (χ1) is 16.5. The first-order valence-corrected chi connectivity index (χ1v) is 12.5. The zero-order valence-corrected chi connectivity index (χ0v) is 22.7. The Labute approximate surface area is 211 Å². The van der Waals surface area contributed by atoms with E-state index in [1.54, 1.807) is 32.4 Å². The number of unbranched alkanes of at least 4 members (excludes halogenated alkanes) is 1. The highest BCUT2D eigenvalue weighted by Gasteiger charge is 2.21. The van der Waals surface area contributed by atoms with Crippen LogP contribution >= 0.6 is 0 Å². The van der Waals surface area contributed by atoms with Crippen LogP contribution in [-0.4, -0.2) is 37.9 Å². The lowest BCUT2D eigenvalue weighted by Gasteiger charge is -2.29. The van der Waals surface area contributed by atoms with Crippen LogP contribution in [-0.2, 0) is 6.42 Å². The SMILES string of the molecule is CCC(C)(C)Oc1ccc(CCCCNC(=O)c2ccc(OC)c(OC)c2)c(OC(C)(C)CC)c1. The number of carbonyl (C=O) groups excluding carboxylic acids is 1. The van der Waals surface area contributed by atoms with Gasteiger partial charge in [0.25, 0.3) is 5.91 Å². The molecule has 0 unspecified atom stereocenters. The topological polar surface area (TPSA) is 66.0 Å². The summed E-state index contributed by atoms with van der Waals surface area (Å²) < 4.78 is 23.1. The van der Waals surface area contributed by atoms with Crippen LogP contribution in [0.4, 0.5) is 0 Å². The van der Waals surface area contributed by atoms with Crippen LogP contribution in [0.5, 0.6) is 23.0 Å². The van der Waals surface area contributed by atoms with Gasteiger partial charge in [-0.2, -0.15) is 0 Å². The van der Waals surface area contributed by atoms with E-state index in [9.17, 15) is 4.79 Å². The lowest BCUT2D eigenvalue weighted by molar-refractivity contribution is 0.0941. The second kappa shape index (κ2) is 12.7. The van der Waals surface area contributed by atoms with E-state index >= 15 is 0 Å². The molecule has 1 N–H and O–H groups in total. The quantitative estimate of drug-likeness (QED) is 0.306. The molecule has 6 nitrogen and oxygen atoms in total. The van der Waals surface area contributed by atoms with E-state index in [0.717, 1.165) is 49.2 Å². The highest BCUT2D eigenvalue weighted by molar-refractivity contribution is 5.94. The van der Waals surface area contributed by atoms with Crippen LogP contribution in [0, 0.1) is 0 Å². The maximum Gasteiger partial charge on any atom is 0.251 e. The summed E-state index contributed by atoms with van der Waals surface area (Å²) in [5.41, 5.74) is 1.21. The highest BCUT2D eigenvalue weighted by atomic mass is 16.5. The maximum absolute atomic E-state index is 12.5. The summed E-state index contributed by atoms with van der Waals surface area (Å²) >= 11 is 0. The van der Waals surface area contributed by atoms with Crippen molar-refractivity contribution in [2.45, 2.75) is 84.8 Å². The van der Waals surface area contributed by atoms with Crippen molar-refractivity contribution in [3.63, 3.8) is 0 Å². The molecule has 0 fully saturated rings. The first-order valence-electron chi connectivity index (χ1n) is 12.5. The number of methoxy groups -OCH3 is 2. The van der Waals surface area contributed by atoms with Gasteiger partial charge in [-0.05, 0) is 89.6 Å². The van der Waals surface area contributed by atoms with E-state index in [0.29, 0.717) is 23.6 Å². The number of nitrogens with one attached hydrogen (secondary N) is 1. The van der Waals surface area contributed by atoms with E-state index < -0.39 is 0 Å². The van der Waals surface area contributed by atoms with Gasteiger partial charge in [-0.1, -0.05) is 19.9 Å². The number of hydrogen-bond donors (Lipinski definition) is 1. The fourth-order valence-corrected chi connectivity index (χ4v) is 3.38. The standard InChI is InChI=1S/C29H43NO5/c1-9-28(3,4)34-23-16-14-21(25(20-23)35-29(5,6)10-2)13-11-12-18-30-27(31)22-15-17-24(32-7)26(19-22)33-8/h14-17,19-20H,9-13,18H2,1-8H3,(H,30,31). The molecule has 1 amide bonds. The third kappa shape index (κ3) is 8.68. The van der Waals surface area contributed by atoms with Crippen molar-refractivity contribution in [1.29, 1.82) is 0 Å². The Morgan fingerprint density at radius 3 is 2.09 bits per heavy atom. The molecule has 2 rings (SSSR count). The monoisotopic (exact) mass is 485 g/mol. The van der Waals surface area contributed by atoms with Crippen LogP contribution in [0.2, 0.25) is 0 Å². The number of aryl methyl sites for hydroxylation is 1. The molecular formula is C29H43NO5. The Hall–Kier alpha value is -2.89. The molecule has 0 radical (unpaired) electrons. The molecule has 35 heavy (non-hydrogen) atoms. The summed E-state index contributed by atoms with van der Waals surface area (Å²) in [6.07, 6.45) is 4.46.